The first kappa shape index (κ1) is 11.5. The van der Waals surface area contributed by atoms with Gasteiger partial charge in [-0.1, -0.05) is 15.9 Å². The molecule has 92 valence electrons. The molecule has 0 bridgehead atoms. The van der Waals surface area contributed by atoms with Gasteiger partial charge in [-0.2, -0.15) is 0 Å². The molecule has 2 aliphatic heterocycles. The zero-order valence-corrected chi connectivity index (χ0v) is 11.4. The van der Waals surface area contributed by atoms with E-state index < -0.39 is 0 Å². The molecular formula is C13H21BrO2. The highest BCUT2D eigenvalue weighted by Crippen LogP contribution is 2.44. The molecule has 1 aliphatic carbocycles. The van der Waals surface area contributed by atoms with Gasteiger partial charge < -0.3 is 9.47 Å². The molecule has 0 aromatic rings. The fourth-order valence-corrected chi connectivity index (χ4v) is 4.46. The standard InChI is InChI=1S/C13H21BrO2/c14-12-2-1-10(7-12)11-3-5-16-13(8-11)4-6-15-9-13/h10-12H,1-9H2. The minimum absolute atomic E-state index is 0.104. The number of rotatable bonds is 1. The quantitative estimate of drug-likeness (QED) is 0.690. The predicted molar refractivity (Wildman–Crippen MR) is 66.9 cm³/mol. The van der Waals surface area contributed by atoms with Gasteiger partial charge in [0, 0.05) is 24.5 Å². The van der Waals surface area contributed by atoms with E-state index in [-0.39, 0.29) is 5.60 Å². The summed E-state index contributed by atoms with van der Waals surface area (Å²) >= 11 is 3.76. The van der Waals surface area contributed by atoms with Crippen molar-refractivity contribution in [2.75, 3.05) is 19.8 Å². The molecule has 0 aromatic heterocycles. The van der Waals surface area contributed by atoms with Crippen molar-refractivity contribution in [1.29, 1.82) is 0 Å². The molecule has 3 aliphatic rings. The molecule has 4 atom stereocenters. The van der Waals surface area contributed by atoms with Crippen LogP contribution in [0, 0.1) is 11.8 Å². The third-order valence-electron chi connectivity index (χ3n) is 4.67. The molecule has 4 unspecified atom stereocenters. The van der Waals surface area contributed by atoms with Crippen molar-refractivity contribution in [3.63, 3.8) is 0 Å². The topological polar surface area (TPSA) is 18.5 Å². The van der Waals surface area contributed by atoms with Gasteiger partial charge in [-0.05, 0) is 43.9 Å². The van der Waals surface area contributed by atoms with Gasteiger partial charge in [-0.25, -0.2) is 0 Å². The van der Waals surface area contributed by atoms with E-state index in [1.807, 2.05) is 0 Å². The van der Waals surface area contributed by atoms with Crippen LogP contribution < -0.4 is 0 Å². The van der Waals surface area contributed by atoms with E-state index in [1.165, 1.54) is 32.1 Å². The Morgan fingerprint density at radius 2 is 2.00 bits per heavy atom. The Hall–Kier alpha value is 0.400. The lowest BCUT2D eigenvalue weighted by atomic mass is 9.77. The van der Waals surface area contributed by atoms with Crippen LogP contribution in [-0.2, 0) is 9.47 Å². The number of hydrogen-bond acceptors (Lipinski definition) is 2. The van der Waals surface area contributed by atoms with Gasteiger partial charge in [0.15, 0.2) is 0 Å². The summed E-state index contributed by atoms with van der Waals surface area (Å²) in [5, 5.41) is 0. The average molecular weight is 289 g/mol. The van der Waals surface area contributed by atoms with Crippen LogP contribution in [0.25, 0.3) is 0 Å². The van der Waals surface area contributed by atoms with Gasteiger partial charge in [-0.3, -0.25) is 0 Å². The van der Waals surface area contributed by atoms with Crippen molar-refractivity contribution >= 4 is 15.9 Å². The first-order valence-corrected chi connectivity index (χ1v) is 7.55. The van der Waals surface area contributed by atoms with E-state index in [0.29, 0.717) is 0 Å². The molecule has 1 spiro atoms. The summed E-state index contributed by atoms with van der Waals surface area (Å²) < 4.78 is 11.5. The smallest absolute Gasteiger partial charge is 0.0939 e. The summed E-state index contributed by atoms with van der Waals surface area (Å²) in [5.41, 5.74) is 0.104. The van der Waals surface area contributed by atoms with Crippen LogP contribution in [-0.4, -0.2) is 30.2 Å². The normalized spacial score (nSPS) is 48.9. The average Bonchev–Trinajstić information content (AvgIpc) is 2.89. The summed E-state index contributed by atoms with van der Waals surface area (Å²) in [6, 6.07) is 0. The lowest BCUT2D eigenvalue weighted by Gasteiger charge is -2.39. The van der Waals surface area contributed by atoms with Gasteiger partial charge in [0.1, 0.15) is 0 Å². The zero-order valence-electron chi connectivity index (χ0n) is 9.79. The third kappa shape index (κ3) is 2.19. The van der Waals surface area contributed by atoms with Crippen LogP contribution in [0.4, 0.5) is 0 Å². The van der Waals surface area contributed by atoms with Crippen LogP contribution in [0.2, 0.25) is 0 Å². The number of alkyl halides is 1. The van der Waals surface area contributed by atoms with Gasteiger partial charge >= 0.3 is 0 Å². The fourth-order valence-electron chi connectivity index (χ4n) is 3.72. The Labute approximate surface area is 106 Å². The Bertz CT molecular complexity index is 250. The predicted octanol–water partition coefficient (Wildman–Crippen LogP) is 3.14. The van der Waals surface area contributed by atoms with Crippen LogP contribution in [0.3, 0.4) is 0 Å². The monoisotopic (exact) mass is 288 g/mol. The molecule has 0 N–H and O–H groups in total. The molecule has 0 amide bonds. The molecule has 1 saturated carbocycles. The van der Waals surface area contributed by atoms with Crippen molar-refractivity contribution in [3.05, 3.63) is 0 Å². The summed E-state index contributed by atoms with van der Waals surface area (Å²) in [5.74, 6) is 1.82. The highest BCUT2D eigenvalue weighted by atomic mass is 79.9. The van der Waals surface area contributed by atoms with E-state index in [0.717, 1.165) is 42.9 Å². The summed E-state index contributed by atoms with van der Waals surface area (Å²) in [6.07, 6.45) is 7.79. The van der Waals surface area contributed by atoms with E-state index in [2.05, 4.69) is 15.9 Å². The van der Waals surface area contributed by atoms with Crippen molar-refractivity contribution in [2.24, 2.45) is 11.8 Å². The lowest BCUT2D eigenvalue weighted by Crippen LogP contribution is -2.42. The maximum atomic E-state index is 6.01. The minimum atomic E-state index is 0.104. The van der Waals surface area contributed by atoms with Crippen molar-refractivity contribution in [2.45, 2.75) is 49.0 Å². The van der Waals surface area contributed by atoms with Crippen molar-refractivity contribution in [3.8, 4) is 0 Å². The van der Waals surface area contributed by atoms with Crippen LogP contribution >= 0.6 is 15.9 Å². The van der Waals surface area contributed by atoms with E-state index in [4.69, 9.17) is 9.47 Å². The lowest BCUT2D eigenvalue weighted by molar-refractivity contribution is -0.106. The summed E-state index contributed by atoms with van der Waals surface area (Å²) in [6.45, 7) is 2.70. The second kappa shape index (κ2) is 4.58. The van der Waals surface area contributed by atoms with Gasteiger partial charge in [0.05, 0.1) is 12.2 Å². The Morgan fingerprint density at radius 1 is 1.06 bits per heavy atom. The van der Waals surface area contributed by atoms with Gasteiger partial charge in [0.25, 0.3) is 0 Å². The third-order valence-corrected chi connectivity index (χ3v) is 5.51. The molecule has 0 aromatic carbocycles. The Morgan fingerprint density at radius 3 is 2.69 bits per heavy atom. The largest absolute Gasteiger partial charge is 0.378 e. The Kier molecular flexibility index (Phi) is 3.29. The Balaban J connectivity index is 1.63. The highest BCUT2D eigenvalue weighted by Gasteiger charge is 2.43. The molecule has 3 heteroatoms. The number of hydrogen-bond donors (Lipinski definition) is 0. The molecule has 3 fully saturated rings. The molecular weight excluding hydrogens is 268 g/mol. The zero-order chi connectivity index (χ0) is 11.0. The van der Waals surface area contributed by atoms with Crippen molar-refractivity contribution < 1.29 is 9.47 Å². The maximum absolute atomic E-state index is 6.01. The van der Waals surface area contributed by atoms with E-state index in [9.17, 15) is 0 Å². The molecule has 3 rings (SSSR count). The molecule has 2 heterocycles. The van der Waals surface area contributed by atoms with Crippen LogP contribution in [0.15, 0.2) is 0 Å². The second-order valence-corrected chi connectivity index (χ2v) is 7.05. The molecule has 2 saturated heterocycles. The first-order valence-electron chi connectivity index (χ1n) is 6.63. The molecule has 0 radical (unpaired) electrons. The molecule has 2 nitrogen and oxygen atoms in total. The van der Waals surface area contributed by atoms with Crippen LogP contribution in [0.1, 0.15) is 38.5 Å². The molecule has 16 heavy (non-hydrogen) atoms. The fraction of sp³-hybridized carbons (Fsp3) is 1.00. The highest BCUT2D eigenvalue weighted by molar-refractivity contribution is 9.09. The number of halogens is 1. The van der Waals surface area contributed by atoms with E-state index >= 15 is 0 Å². The number of ether oxygens (including phenoxy) is 2. The van der Waals surface area contributed by atoms with Gasteiger partial charge in [0.2, 0.25) is 0 Å². The second-order valence-electron chi connectivity index (χ2n) is 5.76. The summed E-state index contributed by atoms with van der Waals surface area (Å²) in [4.78, 5) is 0.774. The van der Waals surface area contributed by atoms with Gasteiger partial charge in [-0.15, -0.1) is 0 Å². The maximum Gasteiger partial charge on any atom is 0.0939 e. The van der Waals surface area contributed by atoms with E-state index in [1.54, 1.807) is 0 Å². The summed E-state index contributed by atoms with van der Waals surface area (Å²) in [7, 11) is 0. The minimum Gasteiger partial charge on any atom is -0.378 e. The SMILES string of the molecule is BrC1CCC(C2CCOC3(CCOC3)C2)C1. The van der Waals surface area contributed by atoms with Crippen LogP contribution in [0.5, 0.6) is 0 Å². The first-order chi connectivity index (χ1) is 7.77. The van der Waals surface area contributed by atoms with Crippen molar-refractivity contribution in [1.82, 2.24) is 0 Å².